The zero-order chi connectivity index (χ0) is 30.2. The van der Waals surface area contributed by atoms with E-state index in [1.807, 2.05) is 11.8 Å². The lowest BCUT2D eigenvalue weighted by Gasteiger charge is -2.21. The summed E-state index contributed by atoms with van der Waals surface area (Å²) in [7, 11) is 0. The van der Waals surface area contributed by atoms with Gasteiger partial charge >= 0.3 is 11.4 Å². The second-order valence-electron chi connectivity index (χ2n) is 13.4. The number of benzene rings is 5. The Balaban J connectivity index is 1.48. The molecule has 3 aliphatic rings. The summed E-state index contributed by atoms with van der Waals surface area (Å²) in [5.74, 6) is 2.14. The molecule has 0 N–H and O–H groups in total. The third-order valence-corrected chi connectivity index (χ3v) is 11.5. The molecular weight excluding hydrogens is 567 g/mol. The van der Waals surface area contributed by atoms with Crippen LogP contribution in [0.2, 0.25) is 0 Å². The number of hydrogen-bond acceptors (Lipinski definition) is 1. The molecule has 7 aromatic rings. The van der Waals surface area contributed by atoms with E-state index in [1.165, 1.54) is 82.3 Å². The maximum atomic E-state index is 2.64. The van der Waals surface area contributed by atoms with Gasteiger partial charge in [0.1, 0.15) is 5.69 Å². The van der Waals surface area contributed by atoms with E-state index in [2.05, 4.69) is 157 Å². The summed E-state index contributed by atoms with van der Waals surface area (Å²) < 4.78 is 7.82. The summed E-state index contributed by atoms with van der Waals surface area (Å²) in [5.41, 5.74) is 12.6. The number of para-hydroxylation sites is 1. The zero-order valence-electron chi connectivity index (χ0n) is 25.9. The van der Waals surface area contributed by atoms with Crippen LogP contribution in [0.15, 0.2) is 125 Å². The van der Waals surface area contributed by atoms with Gasteiger partial charge in [-0.3, -0.25) is 0 Å². The standard InChI is InChI=1S/C41H33N3S/c1-24(2)27-20-28(25(3)4)22-29(21-27)43-35-17-11-18-36-38(35)44-37-33(23-26-12-5-6-13-30(26)39(37)45-36)41(40(43)44)32-15-8-7-14-31(32)34-16-9-10-19-42(34)41/h5-25H,1-4H3/q+2. The van der Waals surface area contributed by atoms with Crippen molar-refractivity contribution < 1.29 is 9.13 Å². The van der Waals surface area contributed by atoms with Crippen LogP contribution in [0.1, 0.15) is 67.6 Å². The average molecular weight is 600 g/mol. The van der Waals surface area contributed by atoms with Crippen molar-refractivity contribution in [1.29, 1.82) is 0 Å². The van der Waals surface area contributed by atoms with Gasteiger partial charge in [-0.2, -0.15) is 13.7 Å². The Bertz CT molecular complexity index is 2360. The highest BCUT2D eigenvalue weighted by atomic mass is 32.2. The minimum Gasteiger partial charge on any atom is -0.185 e. The number of pyridine rings is 1. The first-order valence-electron chi connectivity index (χ1n) is 16.1. The van der Waals surface area contributed by atoms with E-state index >= 15 is 0 Å². The molecule has 0 amide bonds. The number of hydrogen-bond donors (Lipinski definition) is 0. The van der Waals surface area contributed by atoms with Gasteiger partial charge in [0.2, 0.25) is 5.69 Å². The Morgan fingerprint density at radius 1 is 0.711 bits per heavy atom. The van der Waals surface area contributed by atoms with Crippen molar-refractivity contribution in [3.63, 3.8) is 0 Å². The highest BCUT2D eigenvalue weighted by Crippen LogP contribution is 2.56. The lowest BCUT2D eigenvalue weighted by molar-refractivity contribution is -0.733. The van der Waals surface area contributed by atoms with E-state index in [4.69, 9.17) is 0 Å². The summed E-state index contributed by atoms with van der Waals surface area (Å²) in [5, 5.41) is 2.61. The first kappa shape index (κ1) is 25.6. The minimum absolute atomic E-state index is 0.428. The van der Waals surface area contributed by atoms with E-state index in [0.717, 1.165) is 0 Å². The van der Waals surface area contributed by atoms with E-state index < -0.39 is 5.54 Å². The molecule has 1 atom stereocenters. The molecule has 5 heterocycles. The topological polar surface area (TPSA) is 12.7 Å². The fourth-order valence-electron chi connectivity index (χ4n) is 8.32. The van der Waals surface area contributed by atoms with E-state index in [1.54, 1.807) is 0 Å². The smallest absolute Gasteiger partial charge is 0.185 e. The van der Waals surface area contributed by atoms with Gasteiger partial charge in [-0.25, -0.2) is 0 Å². The first-order chi connectivity index (χ1) is 22.0. The third kappa shape index (κ3) is 3.04. The van der Waals surface area contributed by atoms with Gasteiger partial charge in [0.25, 0.3) is 0 Å². The summed E-state index contributed by atoms with van der Waals surface area (Å²) in [6, 6.07) is 41.4. The number of imidazole rings is 1. The maximum Gasteiger partial charge on any atom is 0.352 e. The Morgan fingerprint density at radius 2 is 1.47 bits per heavy atom. The Hall–Kier alpha value is -4.67. The maximum absolute atomic E-state index is 2.64. The molecule has 0 bridgehead atoms. The molecule has 0 saturated heterocycles. The second kappa shape index (κ2) is 8.74. The average Bonchev–Trinajstić information content (AvgIpc) is 3.67. The Labute approximate surface area is 267 Å². The van der Waals surface area contributed by atoms with Gasteiger partial charge in [-0.05, 0) is 76.2 Å². The molecule has 5 aromatic carbocycles. The predicted octanol–water partition coefficient (Wildman–Crippen LogP) is 9.19. The second-order valence-corrected chi connectivity index (χ2v) is 14.5. The minimum atomic E-state index is -0.547. The Kier molecular flexibility index (Phi) is 4.98. The van der Waals surface area contributed by atoms with Gasteiger partial charge in [-0.1, -0.05) is 94.1 Å². The van der Waals surface area contributed by atoms with Gasteiger partial charge in [0, 0.05) is 12.1 Å². The molecule has 3 aliphatic heterocycles. The molecule has 3 nitrogen and oxygen atoms in total. The lowest BCUT2D eigenvalue weighted by Crippen LogP contribution is -2.57. The van der Waals surface area contributed by atoms with Crippen LogP contribution in [0.5, 0.6) is 0 Å². The van der Waals surface area contributed by atoms with Crippen LogP contribution < -0.4 is 9.13 Å². The summed E-state index contributed by atoms with van der Waals surface area (Å²) in [6.07, 6.45) is 2.31. The van der Waals surface area contributed by atoms with Crippen molar-refractivity contribution in [2.24, 2.45) is 0 Å². The van der Waals surface area contributed by atoms with Crippen LogP contribution in [0.3, 0.4) is 0 Å². The Morgan fingerprint density at radius 3 is 2.29 bits per heavy atom. The monoisotopic (exact) mass is 599 g/mol. The van der Waals surface area contributed by atoms with Gasteiger partial charge in [-0.15, -0.1) is 0 Å². The summed E-state index contributed by atoms with van der Waals surface area (Å²) in [6.45, 7) is 9.25. The largest absolute Gasteiger partial charge is 0.352 e. The van der Waals surface area contributed by atoms with E-state index in [0.29, 0.717) is 11.8 Å². The molecular formula is C41H33N3S+2. The van der Waals surface area contributed by atoms with Crippen LogP contribution in [0.25, 0.3) is 44.4 Å². The van der Waals surface area contributed by atoms with Crippen LogP contribution in [0, 0.1) is 0 Å². The fourth-order valence-corrected chi connectivity index (χ4v) is 9.57. The van der Waals surface area contributed by atoms with Crippen molar-refractivity contribution >= 4 is 33.6 Å². The summed E-state index contributed by atoms with van der Waals surface area (Å²) >= 11 is 1.94. The molecule has 0 aliphatic carbocycles. The van der Waals surface area contributed by atoms with Gasteiger partial charge < -0.3 is 0 Å². The highest BCUT2D eigenvalue weighted by Gasteiger charge is 2.68. The predicted molar refractivity (Wildman–Crippen MR) is 182 cm³/mol. The van der Waals surface area contributed by atoms with Crippen molar-refractivity contribution in [3.05, 3.63) is 143 Å². The normalized spacial score (nSPS) is 16.8. The van der Waals surface area contributed by atoms with Crippen molar-refractivity contribution in [1.82, 2.24) is 4.57 Å². The molecule has 10 rings (SSSR count). The number of aromatic nitrogens is 3. The molecule has 45 heavy (non-hydrogen) atoms. The van der Waals surface area contributed by atoms with Crippen LogP contribution in [-0.4, -0.2) is 4.57 Å². The van der Waals surface area contributed by atoms with E-state index in [9.17, 15) is 0 Å². The first-order valence-corrected chi connectivity index (χ1v) is 16.9. The molecule has 0 radical (unpaired) electrons. The van der Waals surface area contributed by atoms with Crippen LogP contribution in [0.4, 0.5) is 0 Å². The molecule has 0 saturated carbocycles. The summed E-state index contributed by atoms with van der Waals surface area (Å²) in [4.78, 5) is 2.67. The van der Waals surface area contributed by atoms with Crippen molar-refractivity contribution in [2.45, 2.75) is 54.9 Å². The number of rotatable bonds is 3. The lowest BCUT2D eigenvalue weighted by atomic mass is 9.82. The van der Waals surface area contributed by atoms with Crippen molar-refractivity contribution in [3.8, 4) is 22.6 Å². The molecule has 1 spiro atoms. The molecule has 216 valence electrons. The highest BCUT2D eigenvalue weighted by molar-refractivity contribution is 8.00. The molecule has 0 fully saturated rings. The molecule has 1 unspecified atom stereocenters. The fraction of sp³-hybridized carbons (Fsp3) is 0.171. The SMILES string of the molecule is CC(C)c1cc(C(C)C)cc(-n2c3[n+]4c5c(cccc52)Sc2c-4c(cc4ccccc24)C32c3ccccc3-c3cccc[n+]32)c1. The molecule has 2 aromatic heterocycles. The quantitative estimate of drug-likeness (QED) is 0.185. The van der Waals surface area contributed by atoms with Gasteiger partial charge in [0.05, 0.1) is 26.5 Å². The van der Waals surface area contributed by atoms with Crippen molar-refractivity contribution in [2.75, 3.05) is 0 Å². The van der Waals surface area contributed by atoms with Gasteiger partial charge in [0.15, 0.2) is 22.9 Å². The van der Waals surface area contributed by atoms with E-state index in [-0.39, 0.29) is 0 Å². The number of fused-ring (bicyclic) bond motifs is 9. The van der Waals surface area contributed by atoms with Crippen LogP contribution in [-0.2, 0) is 5.54 Å². The molecule has 4 heteroatoms. The third-order valence-electron chi connectivity index (χ3n) is 10.4. The number of nitrogens with zero attached hydrogens (tertiary/aromatic N) is 3. The van der Waals surface area contributed by atoms with Crippen LogP contribution >= 0.6 is 11.8 Å². The zero-order valence-corrected chi connectivity index (χ0v) is 26.7.